The minimum atomic E-state index is -0.0110. The van der Waals surface area contributed by atoms with Gasteiger partial charge in [-0.1, -0.05) is 0 Å². The fraction of sp³-hybridized carbons (Fsp3) is 0.300. The molecule has 4 nitrogen and oxygen atoms in total. The Morgan fingerprint density at radius 1 is 1.47 bits per heavy atom. The number of rotatable bonds is 1. The van der Waals surface area contributed by atoms with E-state index in [4.69, 9.17) is 5.73 Å². The highest BCUT2D eigenvalue weighted by molar-refractivity contribution is 5.90. The van der Waals surface area contributed by atoms with Crippen LogP contribution in [0.15, 0.2) is 23.3 Å². The monoisotopic (exact) mass is 227 g/mol. The lowest BCUT2D eigenvalue weighted by molar-refractivity contribution is 0.734. The van der Waals surface area contributed by atoms with Gasteiger partial charge in [0.05, 0.1) is 16.6 Å². The fourth-order valence-electron chi connectivity index (χ4n) is 1.72. The first-order valence-electron chi connectivity index (χ1n) is 4.59. The van der Waals surface area contributed by atoms with E-state index >= 15 is 0 Å². The smallest absolute Gasteiger partial charge is 0.262 e. The molecule has 0 bridgehead atoms. The lowest BCUT2D eigenvalue weighted by Gasteiger charge is -2.01. The number of anilines is 1. The predicted octanol–water partition coefficient (Wildman–Crippen LogP) is 1.36. The van der Waals surface area contributed by atoms with Gasteiger partial charge in [-0.25, -0.2) is 0 Å². The van der Waals surface area contributed by atoms with E-state index in [-0.39, 0.29) is 18.0 Å². The molecule has 0 unspecified atom stereocenters. The minimum absolute atomic E-state index is 0. The van der Waals surface area contributed by atoms with Gasteiger partial charge >= 0.3 is 0 Å². The van der Waals surface area contributed by atoms with Gasteiger partial charge in [0.2, 0.25) is 0 Å². The third-order valence-electron chi connectivity index (χ3n) is 2.49. The summed E-state index contributed by atoms with van der Waals surface area (Å²) in [5.41, 5.74) is 7.19. The molecule has 15 heavy (non-hydrogen) atoms. The van der Waals surface area contributed by atoms with Gasteiger partial charge < -0.3 is 14.9 Å². The first-order valence-corrected chi connectivity index (χ1v) is 4.59. The lowest BCUT2D eigenvalue weighted by Crippen LogP contribution is -2.18. The van der Waals surface area contributed by atoms with Crippen molar-refractivity contribution in [1.29, 1.82) is 0 Å². The first kappa shape index (κ1) is 11.7. The van der Waals surface area contributed by atoms with Gasteiger partial charge in [0.1, 0.15) is 0 Å². The molecular formula is C10H14ClN3O. The van der Waals surface area contributed by atoms with Crippen molar-refractivity contribution in [2.24, 2.45) is 7.05 Å². The van der Waals surface area contributed by atoms with Crippen LogP contribution in [0, 0.1) is 0 Å². The number of hydrogen-bond acceptors (Lipinski definition) is 2. The molecule has 2 aromatic heterocycles. The van der Waals surface area contributed by atoms with Crippen LogP contribution in [0.4, 0.5) is 5.69 Å². The second-order valence-electron chi connectivity index (χ2n) is 3.36. The van der Waals surface area contributed by atoms with Crippen LogP contribution >= 0.6 is 12.4 Å². The SMILES string of the molecule is CCn1ccc2c(c(N)cn2C)c1=O.Cl. The average Bonchev–Trinajstić information content (AvgIpc) is 2.44. The van der Waals surface area contributed by atoms with E-state index in [1.165, 1.54) is 0 Å². The summed E-state index contributed by atoms with van der Waals surface area (Å²) in [5, 5.41) is 0.622. The van der Waals surface area contributed by atoms with E-state index in [1.54, 1.807) is 17.0 Å². The second kappa shape index (κ2) is 3.98. The molecule has 2 N–H and O–H groups in total. The van der Waals surface area contributed by atoms with Crippen molar-refractivity contribution in [3.8, 4) is 0 Å². The number of fused-ring (bicyclic) bond motifs is 1. The lowest BCUT2D eigenvalue weighted by atomic mass is 10.3. The maximum absolute atomic E-state index is 11.9. The van der Waals surface area contributed by atoms with Crippen LogP contribution in [-0.4, -0.2) is 9.13 Å². The molecule has 2 rings (SSSR count). The van der Waals surface area contributed by atoms with Crippen molar-refractivity contribution in [3.63, 3.8) is 0 Å². The molecule has 0 aliphatic carbocycles. The van der Waals surface area contributed by atoms with Gasteiger partial charge in [0, 0.05) is 26.0 Å². The molecule has 0 aliphatic rings. The molecule has 0 amide bonds. The largest absolute Gasteiger partial charge is 0.397 e. The predicted molar refractivity (Wildman–Crippen MR) is 64.5 cm³/mol. The third-order valence-corrected chi connectivity index (χ3v) is 2.49. The van der Waals surface area contributed by atoms with Crippen molar-refractivity contribution in [3.05, 3.63) is 28.8 Å². The summed E-state index contributed by atoms with van der Waals surface area (Å²) < 4.78 is 3.52. The normalized spacial score (nSPS) is 10.3. The van der Waals surface area contributed by atoms with Crippen molar-refractivity contribution < 1.29 is 0 Å². The molecule has 0 saturated heterocycles. The second-order valence-corrected chi connectivity index (χ2v) is 3.36. The van der Waals surface area contributed by atoms with Gasteiger partial charge in [0.15, 0.2) is 0 Å². The third kappa shape index (κ3) is 1.61. The van der Waals surface area contributed by atoms with Crippen molar-refractivity contribution >= 4 is 29.0 Å². The molecule has 0 aliphatic heterocycles. The quantitative estimate of drug-likeness (QED) is 0.800. The van der Waals surface area contributed by atoms with Crippen LogP contribution in [0.5, 0.6) is 0 Å². The Morgan fingerprint density at radius 3 is 2.73 bits per heavy atom. The Balaban J connectivity index is 0.00000112. The summed E-state index contributed by atoms with van der Waals surface area (Å²) in [6.07, 6.45) is 3.57. The highest BCUT2D eigenvalue weighted by atomic mass is 35.5. The number of nitrogens with two attached hydrogens (primary N) is 1. The number of aryl methyl sites for hydroxylation is 2. The maximum Gasteiger partial charge on any atom is 0.262 e. The van der Waals surface area contributed by atoms with Crippen molar-refractivity contribution in [1.82, 2.24) is 9.13 Å². The molecule has 0 atom stereocenters. The van der Waals surface area contributed by atoms with Crippen LogP contribution in [0.3, 0.4) is 0 Å². The molecule has 0 spiro atoms. The summed E-state index contributed by atoms with van der Waals surface area (Å²) in [6, 6.07) is 1.91. The molecule has 0 fully saturated rings. The van der Waals surface area contributed by atoms with Crippen LogP contribution in [0.25, 0.3) is 10.9 Å². The van der Waals surface area contributed by atoms with E-state index in [9.17, 15) is 4.79 Å². The van der Waals surface area contributed by atoms with E-state index in [1.807, 2.05) is 24.6 Å². The zero-order valence-corrected chi connectivity index (χ0v) is 9.54. The zero-order valence-electron chi connectivity index (χ0n) is 8.73. The molecule has 0 aromatic carbocycles. The number of aromatic nitrogens is 2. The van der Waals surface area contributed by atoms with Crippen LogP contribution in [0.2, 0.25) is 0 Å². The molecule has 0 saturated carbocycles. The van der Waals surface area contributed by atoms with Gasteiger partial charge in [-0.05, 0) is 13.0 Å². The number of halogens is 1. The highest BCUT2D eigenvalue weighted by Gasteiger charge is 2.08. The van der Waals surface area contributed by atoms with E-state index in [2.05, 4.69) is 0 Å². The number of pyridine rings is 1. The standard InChI is InChI=1S/C10H13N3O.ClH/c1-3-13-5-4-8-9(10(13)14)7(11)6-12(8)2;/h4-6H,3,11H2,1-2H3;1H. The fourth-order valence-corrected chi connectivity index (χ4v) is 1.72. The molecule has 0 radical (unpaired) electrons. The Kier molecular flexibility index (Phi) is 3.09. The molecule has 2 aromatic rings. The summed E-state index contributed by atoms with van der Waals surface area (Å²) in [4.78, 5) is 11.9. The van der Waals surface area contributed by atoms with Gasteiger partial charge in [0.25, 0.3) is 5.56 Å². The maximum atomic E-state index is 11.9. The zero-order chi connectivity index (χ0) is 10.3. The summed E-state index contributed by atoms with van der Waals surface area (Å²) >= 11 is 0. The molecule has 82 valence electrons. The molecular weight excluding hydrogens is 214 g/mol. The van der Waals surface area contributed by atoms with Crippen LogP contribution in [-0.2, 0) is 13.6 Å². The Labute approximate surface area is 93.7 Å². The van der Waals surface area contributed by atoms with E-state index in [0.29, 0.717) is 17.6 Å². The topological polar surface area (TPSA) is 52.9 Å². The number of nitrogen functional groups attached to an aromatic ring is 1. The van der Waals surface area contributed by atoms with Gasteiger partial charge in [-0.3, -0.25) is 4.79 Å². The summed E-state index contributed by atoms with van der Waals surface area (Å²) in [5.74, 6) is 0. The van der Waals surface area contributed by atoms with Crippen molar-refractivity contribution in [2.75, 3.05) is 5.73 Å². The first-order chi connectivity index (χ1) is 6.65. The number of hydrogen-bond donors (Lipinski definition) is 1. The van der Waals surface area contributed by atoms with E-state index < -0.39 is 0 Å². The Bertz CT molecular complexity index is 541. The molecule has 2 heterocycles. The minimum Gasteiger partial charge on any atom is -0.397 e. The molecule has 5 heteroatoms. The van der Waals surface area contributed by atoms with Crippen LogP contribution in [0.1, 0.15) is 6.92 Å². The summed E-state index contributed by atoms with van der Waals surface area (Å²) in [7, 11) is 1.88. The van der Waals surface area contributed by atoms with E-state index in [0.717, 1.165) is 5.52 Å². The Hall–Kier alpha value is -1.42. The average molecular weight is 228 g/mol. The van der Waals surface area contributed by atoms with Gasteiger partial charge in [-0.2, -0.15) is 0 Å². The summed E-state index contributed by atoms with van der Waals surface area (Å²) in [6.45, 7) is 2.61. The van der Waals surface area contributed by atoms with Crippen molar-refractivity contribution in [2.45, 2.75) is 13.5 Å². The Morgan fingerprint density at radius 2 is 2.13 bits per heavy atom. The number of nitrogens with zero attached hydrogens (tertiary/aromatic N) is 2. The van der Waals surface area contributed by atoms with Gasteiger partial charge in [-0.15, -0.1) is 12.4 Å². The van der Waals surface area contributed by atoms with Crippen LogP contribution < -0.4 is 11.3 Å². The highest BCUT2D eigenvalue weighted by Crippen LogP contribution is 2.17.